The number of Topliss-reactive ketones (excluding diaryl/α,β-unsaturated/α-hetero) is 1. The number of aromatic nitrogens is 3. The fraction of sp³-hybridized carbons (Fsp3) is 0.235. The maximum Gasteiger partial charge on any atom is 0.191 e. The molecule has 0 aliphatic rings. The lowest BCUT2D eigenvalue weighted by Crippen LogP contribution is -2.08. The predicted octanol–water partition coefficient (Wildman–Crippen LogP) is 2.68. The number of hydrogen-bond donors (Lipinski definition) is 2. The average molecular weight is 357 g/mol. The molecule has 0 fully saturated rings. The molecule has 0 unspecified atom stereocenters. The molecule has 130 valence electrons. The van der Waals surface area contributed by atoms with Gasteiger partial charge in [-0.15, -0.1) is 0 Å². The SMILES string of the molecule is Cc1cc(C(=O)CSc2nc(N)cc(N)n2)c(C)n1Cc1ccco1. The zero-order valence-electron chi connectivity index (χ0n) is 14.0. The molecular formula is C17H19N5O2S. The first-order chi connectivity index (χ1) is 11.9. The van der Waals surface area contributed by atoms with Crippen LogP contribution in [0.3, 0.4) is 0 Å². The van der Waals surface area contributed by atoms with Gasteiger partial charge in [0.15, 0.2) is 10.9 Å². The van der Waals surface area contributed by atoms with Gasteiger partial charge in [-0.05, 0) is 32.0 Å². The molecule has 4 N–H and O–H groups in total. The van der Waals surface area contributed by atoms with Crippen LogP contribution in [0, 0.1) is 13.8 Å². The Balaban J connectivity index is 1.74. The minimum atomic E-state index is 0.00777. The van der Waals surface area contributed by atoms with Gasteiger partial charge in [-0.1, -0.05) is 11.8 Å². The second kappa shape index (κ2) is 7.02. The quantitative estimate of drug-likeness (QED) is 0.396. The van der Waals surface area contributed by atoms with E-state index in [0.29, 0.717) is 28.9 Å². The number of carbonyl (C=O) groups is 1. The average Bonchev–Trinajstić information content (AvgIpc) is 3.15. The maximum atomic E-state index is 12.6. The highest BCUT2D eigenvalue weighted by atomic mass is 32.2. The highest BCUT2D eigenvalue weighted by Crippen LogP contribution is 2.22. The van der Waals surface area contributed by atoms with Crippen molar-refractivity contribution in [3.05, 3.63) is 53.2 Å². The van der Waals surface area contributed by atoms with Crippen LogP contribution < -0.4 is 11.5 Å². The van der Waals surface area contributed by atoms with Crippen molar-refractivity contribution in [1.82, 2.24) is 14.5 Å². The molecule has 0 atom stereocenters. The van der Waals surface area contributed by atoms with Gasteiger partial charge in [0.25, 0.3) is 0 Å². The molecule has 0 aliphatic carbocycles. The molecular weight excluding hydrogens is 338 g/mol. The highest BCUT2D eigenvalue weighted by molar-refractivity contribution is 7.99. The first kappa shape index (κ1) is 17.1. The third-order valence-electron chi connectivity index (χ3n) is 3.85. The summed E-state index contributed by atoms with van der Waals surface area (Å²) < 4.78 is 7.46. The Labute approximate surface area is 149 Å². The van der Waals surface area contributed by atoms with Crippen LogP contribution in [0.5, 0.6) is 0 Å². The number of nitrogens with two attached hydrogens (primary N) is 2. The van der Waals surface area contributed by atoms with Crippen molar-refractivity contribution in [3.63, 3.8) is 0 Å². The first-order valence-electron chi connectivity index (χ1n) is 7.69. The predicted molar refractivity (Wildman–Crippen MR) is 97.6 cm³/mol. The molecule has 0 bridgehead atoms. The van der Waals surface area contributed by atoms with Crippen LogP contribution in [0.4, 0.5) is 11.6 Å². The van der Waals surface area contributed by atoms with Crippen molar-refractivity contribution in [1.29, 1.82) is 0 Å². The van der Waals surface area contributed by atoms with Crippen molar-refractivity contribution in [2.24, 2.45) is 0 Å². The van der Waals surface area contributed by atoms with Crippen LogP contribution in [0.25, 0.3) is 0 Å². The minimum absolute atomic E-state index is 0.00777. The molecule has 0 aliphatic heterocycles. The first-order valence-corrected chi connectivity index (χ1v) is 8.67. The summed E-state index contributed by atoms with van der Waals surface area (Å²) in [6, 6.07) is 7.14. The summed E-state index contributed by atoms with van der Waals surface area (Å²) in [5.41, 5.74) is 13.9. The summed E-state index contributed by atoms with van der Waals surface area (Å²) >= 11 is 1.22. The van der Waals surface area contributed by atoms with E-state index in [1.807, 2.05) is 32.0 Å². The van der Waals surface area contributed by atoms with Crippen molar-refractivity contribution in [2.75, 3.05) is 17.2 Å². The number of aryl methyl sites for hydroxylation is 1. The second-order valence-corrected chi connectivity index (χ2v) is 6.60. The van der Waals surface area contributed by atoms with Gasteiger partial charge in [-0.3, -0.25) is 4.79 Å². The minimum Gasteiger partial charge on any atom is -0.467 e. The molecule has 3 heterocycles. The Morgan fingerprint density at radius 3 is 2.60 bits per heavy atom. The smallest absolute Gasteiger partial charge is 0.191 e. The molecule has 0 saturated carbocycles. The van der Waals surface area contributed by atoms with E-state index in [1.165, 1.54) is 17.8 Å². The van der Waals surface area contributed by atoms with Crippen LogP contribution in [-0.2, 0) is 6.54 Å². The van der Waals surface area contributed by atoms with Crippen molar-refractivity contribution in [2.45, 2.75) is 25.5 Å². The number of anilines is 2. The third-order valence-corrected chi connectivity index (χ3v) is 4.69. The Hall–Kier alpha value is -2.74. The van der Waals surface area contributed by atoms with E-state index >= 15 is 0 Å². The molecule has 3 rings (SSSR count). The van der Waals surface area contributed by atoms with E-state index in [1.54, 1.807) is 6.26 Å². The number of hydrogen-bond acceptors (Lipinski definition) is 7. The normalized spacial score (nSPS) is 11.0. The number of nitrogen functional groups attached to an aromatic ring is 2. The Bertz CT molecular complexity index is 882. The monoisotopic (exact) mass is 357 g/mol. The number of carbonyl (C=O) groups excluding carboxylic acids is 1. The van der Waals surface area contributed by atoms with E-state index in [9.17, 15) is 4.79 Å². The van der Waals surface area contributed by atoms with Gasteiger partial charge >= 0.3 is 0 Å². The molecule has 7 nitrogen and oxygen atoms in total. The van der Waals surface area contributed by atoms with Crippen molar-refractivity contribution < 1.29 is 9.21 Å². The lowest BCUT2D eigenvalue weighted by atomic mass is 10.2. The van der Waals surface area contributed by atoms with Crippen LogP contribution >= 0.6 is 11.8 Å². The number of ketones is 1. The van der Waals surface area contributed by atoms with Gasteiger partial charge in [0.05, 0.1) is 18.6 Å². The van der Waals surface area contributed by atoms with Gasteiger partial charge in [0, 0.05) is 23.0 Å². The number of thioether (sulfide) groups is 1. The molecule has 0 radical (unpaired) electrons. The molecule has 8 heteroatoms. The third kappa shape index (κ3) is 3.85. The van der Waals surface area contributed by atoms with E-state index in [2.05, 4.69) is 14.5 Å². The Morgan fingerprint density at radius 1 is 1.24 bits per heavy atom. The van der Waals surface area contributed by atoms with Crippen LogP contribution in [0.1, 0.15) is 27.5 Å². The summed E-state index contributed by atoms with van der Waals surface area (Å²) in [5, 5.41) is 0.398. The molecule has 0 amide bonds. The fourth-order valence-corrected chi connectivity index (χ4v) is 3.38. The highest BCUT2D eigenvalue weighted by Gasteiger charge is 2.17. The van der Waals surface area contributed by atoms with E-state index in [4.69, 9.17) is 15.9 Å². The van der Waals surface area contributed by atoms with E-state index < -0.39 is 0 Å². The number of rotatable bonds is 6. The van der Waals surface area contributed by atoms with Gasteiger partial charge in [-0.2, -0.15) is 0 Å². The Kier molecular flexibility index (Phi) is 4.80. The molecule has 3 aromatic heterocycles. The second-order valence-electron chi connectivity index (χ2n) is 5.66. The largest absolute Gasteiger partial charge is 0.467 e. The summed E-state index contributed by atoms with van der Waals surface area (Å²) in [4.78, 5) is 20.8. The van der Waals surface area contributed by atoms with Crippen molar-refractivity contribution >= 4 is 29.2 Å². The number of nitrogens with zero attached hydrogens (tertiary/aromatic N) is 3. The van der Waals surface area contributed by atoms with E-state index in [0.717, 1.165) is 17.1 Å². The maximum absolute atomic E-state index is 12.6. The van der Waals surface area contributed by atoms with Crippen LogP contribution in [0.15, 0.2) is 40.1 Å². The standard InChI is InChI=1S/C17H19N5O2S/c1-10-6-13(11(2)22(10)8-12-4-3-5-24-12)14(23)9-25-17-20-15(18)7-16(19)21-17/h3-7H,8-9H2,1-2H3,(H4,18,19,20,21). The van der Waals surface area contributed by atoms with Crippen LogP contribution in [0.2, 0.25) is 0 Å². The molecule has 0 aromatic carbocycles. The molecule has 3 aromatic rings. The molecule has 0 saturated heterocycles. The summed E-state index contributed by atoms with van der Waals surface area (Å²) in [6.45, 7) is 4.50. The lowest BCUT2D eigenvalue weighted by Gasteiger charge is -2.07. The molecule has 0 spiro atoms. The van der Waals surface area contributed by atoms with Gasteiger partial charge in [0.2, 0.25) is 0 Å². The Morgan fingerprint density at radius 2 is 1.96 bits per heavy atom. The van der Waals surface area contributed by atoms with Crippen molar-refractivity contribution in [3.8, 4) is 0 Å². The van der Waals surface area contributed by atoms with Gasteiger partial charge in [-0.25, -0.2) is 9.97 Å². The van der Waals surface area contributed by atoms with Crippen LogP contribution in [-0.4, -0.2) is 26.1 Å². The van der Waals surface area contributed by atoms with E-state index in [-0.39, 0.29) is 11.5 Å². The lowest BCUT2D eigenvalue weighted by molar-refractivity contribution is 0.102. The van der Waals surface area contributed by atoms with Gasteiger partial charge in [0.1, 0.15) is 17.4 Å². The van der Waals surface area contributed by atoms with Gasteiger partial charge < -0.3 is 20.5 Å². The summed E-state index contributed by atoms with van der Waals surface area (Å²) in [7, 11) is 0. The summed E-state index contributed by atoms with van der Waals surface area (Å²) in [6.07, 6.45) is 1.64. The topological polar surface area (TPSA) is 113 Å². The fourth-order valence-electron chi connectivity index (χ4n) is 2.62. The molecule has 25 heavy (non-hydrogen) atoms. The summed E-state index contributed by atoms with van der Waals surface area (Å²) in [5.74, 6) is 1.65. The zero-order chi connectivity index (χ0) is 18.0. The number of furan rings is 1. The zero-order valence-corrected chi connectivity index (χ0v) is 14.8.